The van der Waals surface area contributed by atoms with Gasteiger partial charge in [0.05, 0.1) is 0 Å². The summed E-state index contributed by atoms with van der Waals surface area (Å²) in [4.78, 5) is 0. The average Bonchev–Trinajstić information content (AvgIpc) is 2.44. The third-order valence-corrected chi connectivity index (χ3v) is 2.28. The van der Waals surface area contributed by atoms with Gasteiger partial charge in [-0.2, -0.15) is 0 Å². The van der Waals surface area contributed by atoms with Gasteiger partial charge in [0.2, 0.25) is 0 Å². The highest BCUT2D eigenvalue weighted by Crippen LogP contribution is 2.35. The van der Waals surface area contributed by atoms with Gasteiger partial charge in [0, 0.05) is 11.3 Å². The summed E-state index contributed by atoms with van der Waals surface area (Å²) in [5.41, 5.74) is 0. The lowest BCUT2D eigenvalue weighted by atomic mass is 10.3. The van der Waals surface area contributed by atoms with E-state index in [0.717, 1.165) is 5.92 Å². The van der Waals surface area contributed by atoms with Crippen molar-refractivity contribution < 1.29 is 0 Å². The normalized spacial score (nSPS) is 24.9. The van der Waals surface area contributed by atoms with Crippen LogP contribution in [0, 0.1) is 5.92 Å². The van der Waals surface area contributed by atoms with Crippen LogP contribution in [0.3, 0.4) is 0 Å². The molecule has 1 fully saturated rings. The van der Waals surface area contributed by atoms with E-state index in [4.69, 9.17) is 23.2 Å². The molecule has 0 bridgehead atoms. The first kappa shape index (κ1) is 5.71. The molecule has 1 aliphatic carbocycles. The van der Waals surface area contributed by atoms with Crippen molar-refractivity contribution in [1.29, 1.82) is 0 Å². The van der Waals surface area contributed by atoms with Gasteiger partial charge >= 0.3 is 0 Å². The van der Waals surface area contributed by atoms with Gasteiger partial charge in [-0.25, -0.2) is 0 Å². The minimum Gasteiger partial charge on any atom is -0.125 e. The quantitative estimate of drug-likeness (QED) is 0.514. The van der Waals surface area contributed by atoms with E-state index < -0.39 is 0 Å². The molecule has 0 aromatic heterocycles. The lowest BCUT2D eigenvalue weighted by Gasteiger charge is -1.97. The van der Waals surface area contributed by atoms with Crippen LogP contribution < -0.4 is 0 Å². The molecule has 0 aromatic carbocycles. The zero-order valence-corrected chi connectivity index (χ0v) is 5.54. The molecule has 1 aliphatic rings. The van der Waals surface area contributed by atoms with E-state index in [9.17, 15) is 0 Å². The topological polar surface area (TPSA) is 0 Å². The molecule has 0 heterocycles. The molecule has 0 amide bonds. The van der Waals surface area contributed by atoms with E-state index in [1.54, 1.807) is 0 Å². The first-order valence-electron chi connectivity index (χ1n) is 2.54. The monoisotopic (exact) mass is 138 g/mol. The molecule has 0 aromatic rings. The Morgan fingerprint density at radius 3 is 2.29 bits per heavy atom. The summed E-state index contributed by atoms with van der Waals surface area (Å²) in [7, 11) is 0. The van der Waals surface area contributed by atoms with Crippen LogP contribution in [0.25, 0.3) is 0 Å². The molecule has 1 saturated carbocycles. The van der Waals surface area contributed by atoms with Crippen LogP contribution in [0.2, 0.25) is 0 Å². The third-order valence-electron chi connectivity index (χ3n) is 1.28. The fourth-order valence-electron chi connectivity index (χ4n) is 0.584. The van der Waals surface area contributed by atoms with Gasteiger partial charge < -0.3 is 0 Å². The molecule has 0 nitrogen and oxygen atoms in total. The summed E-state index contributed by atoms with van der Waals surface area (Å²) in [5, 5.41) is 0.252. The second-order valence-electron chi connectivity index (χ2n) is 2.01. The lowest BCUT2D eigenvalue weighted by molar-refractivity contribution is 0.815. The van der Waals surface area contributed by atoms with Crippen molar-refractivity contribution >= 4 is 23.2 Å². The van der Waals surface area contributed by atoms with Crippen molar-refractivity contribution in [2.75, 3.05) is 5.88 Å². The Morgan fingerprint density at radius 1 is 1.57 bits per heavy atom. The van der Waals surface area contributed by atoms with Gasteiger partial charge in [-0.15, -0.1) is 23.2 Å². The Hall–Kier alpha value is 0.580. The summed E-state index contributed by atoms with van der Waals surface area (Å²) in [5.74, 6) is 1.37. The highest BCUT2D eigenvalue weighted by atomic mass is 35.5. The van der Waals surface area contributed by atoms with Crippen molar-refractivity contribution in [3.05, 3.63) is 0 Å². The molecule has 0 saturated heterocycles. The highest BCUT2D eigenvalue weighted by molar-refractivity contribution is 6.28. The van der Waals surface area contributed by atoms with Crippen LogP contribution in [0.5, 0.6) is 0 Å². The van der Waals surface area contributed by atoms with Crippen molar-refractivity contribution in [3.8, 4) is 0 Å². The van der Waals surface area contributed by atoms with E-state index in [2.05, 4.69) is 0 Å². The molecule has 0 aliphatic heterocycles. The molecule has 0 spiro atoms. The van der Waals surface area contributed by atoms with Gasteiger partial charge in [0.15, 0.2) is 0 Å². The Balaban J connectivity index is 2.10. The second-order valence-corrected chi connectivity index (χ2v) is 2.88. The zero-order chi connectivity index (χ0) is 5.28. The summed E-state index contributed by atoms with van der Waals surface area (Å²) in [6, 6.07) is 0. The van der Waals surface area contributed by atoms with Gasteiger partial charge in [-0.3, -0.25) is 0 Å². The fraction of sp³-hybridized carbons (Fsp3) is 1.00. The largest absolute Gasteiger partial charge is 0.125 e. The number of alkyl halides is 2. The van der Waals surface area contributed by atoms with Crippen LogP contribution in [0.1, 0.15) is 12.8 Å². The van der Waals surface area contributed by atoms with Crippen molar-refractivity contribution in [2.45, 2.75) is 18.2 Å². The molecule has 2 heteroatoms. The summed E-state index contributed by atoms with van der Waals surface area (Å²) >= 11 is 11.2. The molecule has 0 radical (unpaired) electrons. The summed E-state index contributed by atoms with van der Waals surface area (Å²) in [6.07, 6.45) is 2.59. The first-order valence-corrected chi connectivity index (χ1v) is 3.51. The second kappa shape index (κ2) is 2.23. The minimum absolute atomic E-state index is 0.252. The van der Waals surface area contributed by atoms with E-state index in [1.807, 2.05) is 0 Å². The van der Waals surface area contributed by atoms with E-state index in [-0.39, 0.29) is 5.38 Å². The number of halogens is 2. The van der Waals surface area contributed by atoms with Crippen molar-refractivity contribution in [2.24, 2.45) is 5.92 Å². The molecular weight excluding hydrogens is 131 g/mol. The number of rotatable bonds is 2. The van der Waals surface area contributed by atoms with Crippen LogP contribution in [-0.4, -0.2) is 11.3 Å². The van der Waals surface area contributed by atoms with Crippen LogP contribution in [0.15, 0.2) is 0 Å². The standard InChI is InChI=1S/C5H8Cl2/c6-3-5(7)4-1-2-4/h4-5H,1-3H2. The molecular formula is C5H8Cl2. The Kier molecular flexibility index (Phi) is 1.82. The Labute approximate surface area is 53.8 Å². The first-order chi connectivity index (χ1) is 3.34. The zero-order valence-electron chi connectivity index (χ0n) is 4.03. The molecule has 1 atom stereocenters. The summed E-state index contributed by atoms with van der Waals surface area (Å²) < 4.78 is 0. The molecule has 42 valence electrons. The van der Waals surface area contributed by atoms with Gasteiger partial charge in [-0.1, -0.05) is 0 Å². The maximum absolute atomic E-state index is 5.73. The number of hydrogen-bond acceptors (Lipinski definition) is 0. The Morgan fingerprint density at radius 2 is 2.14 bits per heavy atom. The van der Waals surface area contributed by atoms with Crippen LogP contribution >= 0.6 is 23.2 Å². The van der Waals surface area contributed by atoms with Crippen LogP contribution in [-0.2, 0) is 0 Å². The molecule has 1 rings (SSSR count). The Bertz CT molecular complexity index is 59.1. The van der Waals surface area contributed by atoms with Gasteiger partial charge in [0.1, 0.15) is 0 Å². The lowest BCUT2D eigenvalue weighted by Crippen LogP contribution is -2.00. The van der Waals surface area contributed by atoms with Crippen molar-refractivity contribution in [3.63, 3.8) is 0 Å². The number of hydrogen-bond donors (Lipinski definition) is 0. The van der Waals surface area contributed by atoms with E-state index in [0.29, 0.717) is 5.88 Å². The SMILES string of the molecule is ClCC(Cl)C1CC1. The van der Waals surface area contributed by atoms with E-state index in [1.165, 1.54) is 12.8 Å². The smallest absolute Gasteiger partial charge is 0.0499 e. The van der Waals surface area contributed by atoms with Crippen LogP contribution in [0.4, 0.5) is 0 Å². The maximum atomic E-state index is 5.73. The highest BCUT2D eigenvalue weighted by Gasteiger charge is 2.28. The molecule has 1 unspecified atom stereocenters. The predicted molar refractivity (Wildman–Crippen MR) is 33.1 cm³/mol. The molecule has 7 heavy (non-hydrogen) atoms. The van der Waals surface area contributed by atoms with E-state index >= 15 is 0 Å². The fourth-order valence-corrected chi connectivity index (χ4v) is 1.09. The third kappa shape index (κ3) is 1.50. The molecule has 0 N–H and O–H groups in total. The van der Waals surface area contributed by atoms with Gasteiger partial charge in [-0.05, 0) is 18.8 Å². The minimum atomic E-state index is 0.252. The van der Waals surface area contributed by atoms with Crippen molar-refractivity contribution in [1.82, 2.24) is 0 Å². The summed E-state index contributed by atoms with van der Waals surface area (Å²) in [6.45, 7) is 0. The predicted octanol–water partition coefficient (Wildman–Crippen LogP) is 2.24. The van der Waals surface area contributed by atoms with Gasteiger partial charge in [0.25, 0.3) is 0 Å². The maximum Gasteiger partial charge on any atom is 0.0499 e. The average molecular weight is 139 g/mol.